The van der Waals surface area contributed by atoms with Crippen LogP contribution in [-0.4, -0.2) is 51.6 Å². The summed E-state index contributed by atoms with van der Waals surface area (Å²) in [6.07, 6.45) is 3.14. The van der Waals surface area contributed by atoms with E-state index in [0.717, 1.165) is 5.57 Å². The van der Waals surface area contributed by atoms with Gasteiger partial charge in [0.1, 0.15) is 6.04 Å². The minimum Gasteiger partial charge on any atom is -0.480 e. The van der Waals surface area contributed by atoms with Crippen molar-refractivity contribution in [3.63, 3.8) is 0 Å². The van der Waals surface area contributed by atoms with Gasteiger partial charge in [0.2, 0.25) is 0 Å². The molecule has 1 aromatic rings. The molecule has 1 unspecified atom stereocenters. The Balaban J connectivity index is 2.61. The van der Waals surface area contributed by atoms with Crippen LogP contribution in [0.1, 0.15) is 12.6 Å². The molecule has 0 aromatic carbocycles. The molecule has 0 fully saturated rings. The van der Waals surface area contributed by atoms with E-state index in [4.69, 9.17) is 5.11 Å². The molecule has 2 amide bonds. The average Bonchev–Trinajstić information content (AvgIpc) is 2.79. The number of rotatable bonds is 6. The molecule has 0 aliphatic carbocycles. The van der Waals surface area contributed by atoms with E-state index in [1.54, 1.807) is 14.0 Å². The molecular weight excluding hydrogens is 248 g/mol. The predicted molar refractivity (Wildman–Crippen MR) is 69.7 cm³/mol. The molecule has 0 saturated heterocycles. The number of amides is 2. The SMILES string of the molecule is C=C(C)CN(C)C(=O)NC(Cc1cnc[nH]1)C(=O)O. The Hall–Kier alpha value is -2.31. The largest absolute Gasteiger partial charge is 0.480 e. The van der Waals surface area contributed by atoms with Gasteiger partial charge in [-0.25, -0.2) is 14.6 Å². The van der Waals surface area contributed by atoms with Crippen molar-refractivity contribution in [3.8, 4) is 0 Å². The quantitative estimate of drug-likeness (QED) is 0.657. The van der Waals surface area contributed by atoms with Gasteiger partial charge in [0, 0.05) is 31.9 Å². The highest BCUT2D eigenvalue weighted by Gasteiger charge is 2.22. The number of carboxylic acid groups (broad SMARTS) is 1. The van der Waals surface area contributed by atoms with Crippen molar-refractivity contribution >= 4 is 12.0 Å². The van der Waals surface area contributed by atoms with Crippen molar-refractivity contribution in [3.05, 3.63) is 30.4 Å². The molecule has 0 radical (unpaired) electrons. The molecule has 0 spiro atoms. The van der Waals surface area contributed by atoms with Gasteiger partial charge in [0.25, 0.3) is 0 Å². The minimum absolute atomic E-state index is 0.155. The molecule has 1 aromatic heterocycles. The third-order valence-corrected chi connectivity index (χ3v) is 2.43. The molecule has 1 atom stereocenters. The standard InChI is InChI=1S/C12H18N4O3/c1-8(2)6-16(3)12(19)15-10(11(17)18)4-9-5-13-7-14-9/h5,7,10H,1,4,6H2,2-3H3,(H,13,14)(H,15,19)(H,17,18). The van der Waals surface area contributed by atoms with Crippen LogP contribution in [0.3, 0.4) is 0 Å². The second-order valence-electron chi connectivity index (χ2n) is 4.43. The zero-order valence-electron chi connectivity index (χ0n) is 11.0. The van der Waals surface area contributed by atoms with E-state index in [1.807, 2.05) is 0 Å². The first-order chi connectivity index (χ1) is 8.90. The molecule has 104 valence electrons. The Morgan fingerprint density at radius 3 is 2.79 bits per heavy atom. The molecule has 0 bridgehead atoms. The highest BCUT2D eigenvalue weighted by atomic mass is 16.4. The predicted octanol–water partition coefficient (Wildman–Crippen LogP) is 0.623. The number of H-pyrrole nitrogens is 1. The maximum absolute atomic E-state index is 11.8. The summed E-state index contributed by atoms with van der Waals surface area (Å²) < 4.78 is 0. The first kappa shape index (κ1) is 14.7. The number of aliphatic carboxylic acids is 1. The van der Waals surface area contributed by atoms with E-state index in [0.29, 0.717) is 12.2 Å². The molecule has 7 heteroatoms. The molecule has 0 aliphatic rings. The topological polar surface area (TPSA) is 98.3 Å². The van der Waals surface area contributed by atoms with Crippen LogP contribution < -0.4 is 5.32 Å². The Kier molecular flexibility index (Phi) is 5.11. The highest BCUT2D eigenvalue weighted by Crippen LogP contribution is 2.01. The summed E-state index contributed by atoms with van der Waals surface area (Å²) in [5.41, 5.74) is 1.47. The molecular formula is C12H18N4O3. The van der Waals surface area contributed by atoms with E-state index >= 15 is 0 Å². The molecule has 0 aliphatic heterocycles. The lowest BCUT2D eigenvalue weighted by molar-refractivity contribution is -0.139. The van der Waals surface area contributed by atoms with Crippen LogP contribution in [-0.2, 0) is 11.2 Å². The van der Waals surface area contributed by atoms with Gasteiger partial charge >= 0.3 is 12.0 Å². The molecule has 19 heavy (non-hydrogen) atoms. The van der Waals surface area contributed by atoms with Gasteiger partial charge in [0.05, 0.1) is 6.33 Å². The second-order valence-corrected chi connectivity index (χ2v) is 4.43. The first-order valence-electron chi connectivity index (χ1n) is 5.76. The van der Waals surface area contributed by atoms with E-state index in [2.05, 4.69) is 21.9 Å². The van der Waals surface area contributed by atoms with Crippen LogP contribution in [0.4, 0.5) is 4.79 Å². The van der Waals surface area contributed by atoms with Gasteiger partial charge in [-0.05, 0) is 6.92 Å². The summed E-state index contributed by atoms with van der Waals surface area (Å²) in [4.78, 5) is 30.9. The lowest BCUT2D eigenvalue weighted by Gasteiger charge is -2.21. The fraction of sp³-hybridized carbons (Fsp3) is 0.417. The van der Waals surface area contributed by atoms with Crippen molar-refractivity contribution < 1.29 is 14.7 Å². The third-order valence-electron chi connectivity index (χ3n) is 2.43. The van der Waals surface area contributed by atoms with Crippen molar-refractivity contribution in [1.29, 1.82) is 0 Å². The van der Waals surface area contributed by atoms with Crippen LogP contribution in [0.15, 0.2) is 24.7 Å². The van der Waals surface area contributed by atoms with Crippen LogP contribution in [0.25, 0.3) is 0 Å². The lowest BCUT2D eigenvalue weighted by Crippen LogP contribution is -2.48. The van der Waals surface area contributed by atoms with E-state index in [-0.39, 0.29) is 6.42 Å². The fourth-order valence-corrected chi connectivity index (χ4v) is 1.55. The number of carboxylic acids is 1. The second kappa shape index (κ2) is 6.58. The maximum atomic E-state index is 11.8. The number of hydrogen-bond acceptors (Lipinski definition) is 3. The number of carbonyl (C=O) groups is 2. The number of aromatic nitrogens is 2. The number of carbonyl (C=O) groups excluding carboxylic acids is 1. The summed E-state index contributed by atoms with van der Waals surface area (Å²) in [6, 6.07) is -1.45. The van der Waals surface area contributed by atoms with Gasteiger partial charge in [-0.2, -0.15) is 0 Å². The first-order valence-corrected chi connectivity index (χ1v) is 5.76. The van der Waals surface area contributed by atoms with E-state index < -0.39 is 18.0 Å². The van der Waals surface area contributed by atoms with Crippen LogP contribution in [0, 0.1) is 0 Å². The minimum atomic E-state index is -1.09. The van der Waals surface area contributed by atoms with E-state index in [1.165, 1.54) is 17.4 Å². The Morgan fingerprint density at radius 1 is 1.63 bits per heavy atom. The number of nitrogens with one attached hydrogen (secondary N) is 2. The number of hydrogen-bond donors (Lipinski definition) is 3. The average molecular weight is 266 g/mol. The van der Waals surface area contributed by atoms with E-state index in [9.17, 15) is 9.59 Å². The normalized spacial score (nSPS) is 11.7. The van der Waals surface area contributed by atoms with Gasteiger partial charge in [-0.3, -0.25) is 0 Å². The van der Waals surface area contributed by atoms with Crippen LogP contribution in [0.5, 0.6) is 0 Å². The monoisotopic (exact) mass is 266 g/mol. The highest BCUT2D eigenvalue weighted by molar-refractivity contribution is 5.82. The zero-order valence-corrected chi connectivity index (χ0v) is 11.0. The van der Waals surface area contributed by atoms with Gasteiger partial charge in [-0.1, -0.05) is 12.2 Å². The van der Waals surface area contributed by atoms with Crippen LogP contribution in [0.2, 0.25) is 0 Å². The van der Waals surface area contributed by atoms with Crippen LogP contribution >= 0.6 is 0 Å². The summed E-state index contributed by atoms with van der Waals surface area (Å²) in [7, 11) is 1.58. The van der Waals surface area contributed by atoms with Gasteiger partial charge < -0.3 is 20.3 Å². The Labute approximate surface area is 111 Å². The summed E-state index contributed by atoms with van der Waals surface area (Å²) in [5.74, 6) is -1.09. The van der Waals surface area contributed by atoms with Crippen molar-refractivity contribution in [1.82, 2.24) is 20.2 Å². The van der Waals surface area contributed by atoms with Crippen molar-refractivity contribution in [2.45, 2.75) is 19.4 Å². The van der Waals surface area contributed by atoms with Crippen molar-refractivity contribution in [2.75, 3.05) is 13.6 Å². The maximum Gasteiger partial charge on any atom is 0.326 e. The summed E-state index contributed by atoms with van der Waals surface area (Å²) in [6.45, 7) is 5.87. The molecule has 3 N–H and O–H groups in total. The number of nitrogens with zero attached hydrogens (tertiary/aromatic N) is 2. The number of likely N-dealkylation sites (N-methyl/N-ethyl adjacent to an activating group) is 1. The number of imidazole rings is 1. The van der Waals surface area contributed by atoms with Gasteiger partial charge in [0.15, 0.2) is 0 Å². The molecule has 1 heterocycles. The zero-order chi connectivity index (χ0) is 14.4. The van der Waals surface area contributed by atoms with Crippen molar-refractivity contribution in [2.24, 2.45) is 0 Å². The Morgan fingerprint density at radius 2 is 2.32 bits per heavy atom. The Bertz CT molecular complexity index is 456. The third kappa shape index (κ3) is 4.82. The smallest absolute Gasteiger partial charge is 0.326 e. The molecule has 1 rings (SSSR count). The fourth-order valence-electron chi connectivity index (χ4n) is 1.55. The lowest BCUT2D eigenvalue weighted by atomic mass is 10.1. The molecule has 0 saturated carbocycles. The number of aromatic amines is 1. The number of urea groups is 1. The summed E-state index contributed by atoms with van der Waals surface area (Å²) >= 11 is 0. The molecule has 7 nitrogen and oxygen atoms in total. The summed E-state index contributed by atoms with van der Waals surface area (Å²) in [5, 5.41) is 11.6. The van der Waals surface area contributed by atoms with Gasteiger partial charge in [-0.15, -0.1) is 0 Å².